The molecule has 0 bridgehead atoms. The summed E-state index contributed by atoms with van der Waals surface area (Å²) in [5.41, 5.74) is 2.70. The number of nitrogens with zero attached hydrogens (tertiary/aromatic N) is 3. The highest BCUT2D eigenvalue weighted by Crippen LogP contribution is 2.32. The highest BCUT2D eigenvalue weighted by molar-refractivity contribution is 6.39. The Bertz CT molecular complexity index is 1010. The van der Waals surface area contributed by atoms with Crippen molar-refractivity contribution < 1.29 is 0 Å². The van der Waals surface area contributed by atoms with Gasteiger partial charge in [-0.2, -0.15) is 4.98 Å². The second-order valence-corrected chi connectivity index (χ2v) is 6.03. The van der Waals surface area contributed by atoms with Gasteiger partial charge in [0.1, 0.15) is 11.8 Å². The lowest BCUT2D eigenvalue weighted by Crippen LogP contribution is -1.95. The van der Waals surface area contributed by atoms with Crippen LogP contribution in [0.1, 0.15) is 0 Å². The van der Waals surface area contributed by atoms with Gasteiger partial charge >= 0.3 is 0 Å². The Labute approximate surface area is 153 Å². The van der Waals surface area contributed by atoms with E-state index < -0.39 is 0 Å². The van der Waals surface area contributed by atoms with E-state index in [4.69, 9.17) is 23.2 Å². The Hall–Kier alpha value is -2.83. The Morgan fingerprint density at radius 2 is 1.60 bits per heavy atom. The molecule has 2 aromatic heterocycles. The predicted molar refractivity (Wildman–Crippen MR) is 101 cm³/mol. The molecular formula is C17H12Cl2N6. The van der Waals surface area contributed by atoms with E-state index in [1.165, 1.54) is 6.33 Å². The molecule has 2 heterocycles. The van der Waals surface area contributed by atoms with Crippen LogP contribution in [0.25, 0.3) is 11.2 Å². The summed E-state index contributed by atoms with van der Waals surface area (Å²) in [4.78, 5) is 16.1. The van der Waals surface area contributed by atoms with Gasteiger partial charge in [-0.05, 0) is 24.3 Å². The number of para-hydroxylation sites is 2. The highest BCUT2D eigenvalue weighted by Gasteiger charge is 2.12. The first-order valence-corrected chi connectivity index (χ1v) is 8.20. The van der Waals surface area contributed by atoms with Gasteiger partial charge in [0.05, 0.1) is 15.7 Å². The number of halogens is 2. The maximum atomic E-state index is 6.19. The minimum Gasteiger partial charge on any atom is -0.338 e. The predicted octanol–water partition coefficient (Wildman–Crippen LogP) is 5.15. The van der Waals surface area contributed by atoms with Crippen LogP contribution in [-0.2, 0) is 0 Å². The molecule has 25 heavy (non-hydrogen) atoms. The molecule has 0 unspecified atom stereocenters. The summed E-state index contributed by atoms with van der Waals surface area (Å²) in [5, 5.41) is 7.34. The number of imidazole rings is 1. The van der Waals surface area contributed by atoms with Crippen LogP contribution < -0.4 is 10.6 Å². The van der Waals surface area contributed by atoms with Crippen molar-refractivity contribution in [2.75, 3.05) is 10.6 Å². The summed E-state index contributed by atoms with van der Waals surface area (Å²) in [5.74, 6) is 1.10. The molecule has 2 aromatic carbocycles. The number of anilines is 4. The lowest BCUT2D eigenvalue weighted by molar-refractivity contribution is 1.20. The van der Waals surface area contributed by atoms with E-state index in [1.54, 1.807) is 18.2 Å². The van der Waals surface area contributed by atoms with Crippen LogP contribution in [0.3, 0.4) is 0 Å². The third-order valence-corrected chi connectivity index (χ3v) is 4.16. The van der Waals surface area contributed by atoms with Crippen molar-refractivity contribution in [2.24, 2.45) is 0 Å². The van der Waals surface area contributed by atoms with Crippen molar-refractivity contribution in [1.29, 1.82) is 0 Å². The van der Waals surface area contributed by atoms with Crippen molar-refractivity contribution in [2.45, 2.75) is 0 Å². The summed E-state index contributed by atoms with van der Waals surface area (Å²) in [6.45, 7) is 0. The molecule has 0 saturated heterocycles. The standard InChI is InChI=1S/C17H12Cl2N6/c18-11-7-4-8-12(19)13(11)23-17-24-14-15(20-9-21-16(14)25-17)22-10-5-2-1-3-6-10/h1-9H,(H3,20,21,22,23,24,25). The number of aromatic nitrogens is 4. The van der Waals surface area contributed by atoms with Gasteiger partial charge in [-0.25, -0.2) is 9.97 Å². The lowest BCUT2D eigenvalue weighted by atomic mass is 10.3. The molecule has 0 aliphatic heterocycles. The fourth-order valence-corrected chi connectivity index (χ4v) is 2.87. The molecule has 0 aliphatic rings. The number of fused-ring (bicyclic) bond motifs is 1. The van der Waals surface area contributed by atoms with E-state index in [1.807, 2.05) is 30.3 Å². The number of hydrogen-bond donors (Lipinski definition) is 3. The second kappa shape index (κ2) is 6.58. The zero-order valence-electron chi connectivity index (χ0n) is 12.8. The van der Waals surface area contributed by atoms with Gasteiger partial charge < -0.3 is 15.6 Å². The fourth-order valence-electron chi connectivity index (χ4n) is 2.38. The topological polar surface area (TPSA) is 78.5 Å². The molecule has 6 nitrogen and oxygen atoms in total. The molecular weight excluding hydrogens is 359 g/mol. The Kier molecular flexibility index (Phi) is 4.13. The van der Waals surface area contributed by atoms with Crippen molar-refractivity contribution in [1.82, 2.24) is 19.9 Å². The average Bonchev–Trinajstić information content (AvgIpc) is 3.03. The normalized spacial score (nSPS) is 10.8. The maximum absolute atomic E-state index is 6.19. The number of rotatable bonds is 4. The molecule has 4 rings (SSSR count). The van der Waals surface area contributed by atoms with Gasteiger partial charge in [0, 0.05) is 5.69 Å². The first-order chi connectivity index (χ1) is 12.2. The molecule has 0 amide bonds. The number of aromatic amines is 1. The van der Waals surface area contributed by atoms with E-state index in [9.17, 15) is 0 Å². The van der Waals surface area contributed by atoms with E-state index in [0.29, 0.717) is 38.7 Å². The van der Waals surface area contributed by atoms with Crippen molar-refractivity contribution in [3.63, 3.8) is 0 Å². The molecule has 0 saturated carbocycles. The maximum Gasteiger partial charge on any atom is 0.207 e. The summed E-state index contributed by atoms with van der Waals surface area (Å²) in [6.07, 6.45) is 1.46. The zero-order valence-corrected chi connectivity index (χ0v) is 14.3. The first kappa shape index (κ1) is 15.7. The van der Waals surface area contributed by atoms with Crippen LogP contribution in [-0.4, -0.2) is 19.9 Å². The number of benzene rings is 2. The van der Waals surface area contributed by atoms with E-state index in [-0.39, 0.29) is 0 Å². The molecule has 0 radical (unpaired) electrons. The van der Waals surface area contributed by atoms with Gasteiger partial charge in [-0.1, -0.05) is 47.5 Å². The average molecular weight is 371 g/mol. The summed E-state index contributed by atoms with van der Waals surface area (Å²) < 4.78 is 0. The van der Waals surface area contributed by atoms with Crippen LogP contribution in [0.15, 0.2) is 54.9 Å². The van der Waals surface area contributed by atoms with Gasteiger partial charge in [0.2, 0.25) is 5.95 Å². The summed E-state index contributed by atoms with van der Waals surface area (Å²) in [6, 6.07) is 15.0. The fraction of sp³-hybridized carbons (Fsp3) is 0. The molecule has 0 atom stereocenters. The number of nitrogens with one attached hydrogen (secondary N) is 3. The van der Waals surface area contributed by atoms with Crippen LogP contribution >= 0.6 is 23.2 Å². The molecule has 124 valence electrons. The molecule has 4 aromatic rings. The van der Waals surface area contributed by atoms with Gasteiger partial charge in [0.15, 0.2) is 11.5 Å². The molecule has 0 spiro atoms. The Balaban J connectivity index is 1.70. The number of H-pyrrole nitrogens is 1. The minimum atomic E-state index is 0.474. The van der Waals surface area contributed by atoms with Gasteiger partial charge in [-0.15, -0.1) is 0 Å². The minimum absolute atomic E-state index is 0.474. The van der Waals surface area contributed by atoms with Crippen LogP contribution in [0.2, 0.25) is 10.0 Å². The van der Waals surface area contributed by atoms with E-state index in [2.05, 4.69) is 30.6 Å². The monoisotopic (exact) mass is 370 g/mol. The van der Waals surface area contributed by atoms with E-state index in [0.717, 1.165) is 5.69 Å². The van der Waals surface area contributed by atoms with Crippen LogP contribution in [0, 0.1) is 0 Å². The molecule has 0 aliphatic carbocycles. The van der Waals surface area contributed by atoms with E-state index >= 15 is 0 Å². The molecule has 0 fully saturated rings. The van der Waals surface area contributed by atoms with Crippen LogP contribution in [0.5, 0.6) is 0 Å². The van der Waals surface area contributed by atoms with Crippen molar-refractivity contribution >= 4 is 57.5 Å². The first-order valence-electron chi connectivity index (χ1n) is 7.44. The third-order valence-electron chi connectivity index (χ3n) is 3.53. The van der Waals surface area contributed by atoms with Gasteiger partial charge in [-0.3, -0.25) is 0 Å². The van der Waals surface area contributed by atoms with Gasteiger partial charge in [0.25, 0.3) is 0 Å². The Morgan fingerprint density at radius 1 is 0.840 bits per heavy atom. The lowest BCUT2D eigenvalue weighted by Gasteiger charge is -2.07. The number of hydrogen-bond acceptors (Lipinski definition) is 5. The smallest absolute Gasteiger partial charge is 0.207 e. The summed E-state index contributed by atoms with van der Waals surface area (Å²) >= 11 is 12.4. The third kappa shape index (κ3) is 3.22. The Morgan fingerprint density at radius 3 is 2.36 bits per heavy atom. The molecule has 3 N–H and O–H groups in total. The zero-order chi connectivity index (χ0) is 17.2. The highest BCUT2D eigenvalue weighted by atomic mass is 35.5. The SMILES string of the molecule is Clc1cccc(Cl)c1Nc1nc2ncnc(Nc3ccccc3)c2[nH]1. The second-order valence-electron chi connectivity index (χ2n) is 5.22. The van der Waals surface area contributed by atoms with Crippen LogP contribution in [0.4, 0.5) is 23.1 Å². The van der Waals surface area contributed by atoms with Crippen molar-refractivity contribution in [3.05, 3.63) is 64.9 Å². The largest absolute Gasteiger partial charge is 0.338 e. The molecule has 8 heteroatoms. The quantitative estimate of drug-likeness (QED) is 0.463. The van der Waals surface area contributed by atoms with Crippen molar-refractivity contribution in [3.8, 4) is 0 Å². The summed E-state index contributed by atoms with van der Waals surface area (Å²) in [7, 11) is 0.